The summed E-state index contributed by atoms with van der Waals surface area (Å²) < 4.78 is 5.78. The van der Waals surface area contributed by atoms with Crippen molar-refractivity contribution in [3.63, 3.8) is 0 Å². The molecule has 22 heavy (non-hydrogen) atoms. The molecule has 0 unspecified atom stereocenters. The van der Waals surface area contributed by atoms with E-state index >= 15 is 0 Å². The van der Waals surface area contributed by atoms with Crippen molar-refractivity contribution in [1.29, 1.82) is 0 Å². The van der Waals surface area contributed by atoms with E-state index in [1.807, 2.05) is 0 Å². The number of carbonyl (C=O) groups excluding carboxylic acids is 1. The van der Waals surface area contributed by atoms with Crippen LogP contribution >= 0.6 is 11.3 Å². The number of hydrogen-bond acceptors (Lipinski definition) is 5. The minimum Gasteiger partial charge on any atom is -0.484 e. The minimum absolute atomic E-state index is 0.00391. The van der Waals surface area contributed by atoms with E-state index in [-0.39, 0.29) is 10.8 Å². The average Bonchev–Trinajstić information content (AvgIpc) is 2.84. The molecule has 1 aromatic rings. The maximum atomic E-state index is 12.3. The number of carboxylic acid groups (broad SMARTS) is 1. The molecule has 2 aliphatic rings. The van der Waals surface area contributed by atoms with Crippen molar-refractivity contribution in [3.8, 4) is 5.75 Å². The average molecular weight is 325 g/mol. The van der Waals surface area contributed by atoms with Crippen LogP contribution in [0.15, 0.2) is 6.07 Å². The van der Waals surface area contributed by atoms with Gasteiger partial charge in [0.25, 0.3) is 0 Å². The molecule has 2 atom stereocenters. The zero-order valence-corrected chi connectivity index (χ0v) is 13.4. The molecular weight excluding hydrogens is 306 g/mol. The van der Waals surface area contributed by atoms with E-state index in [4.69, 9.17) is 4.74 Å². The van der Waals surface area contributed by atoms with Crippen molar-refractivity contribution in [1.82, 2.24) is 4.90 Å². The quantitative estimate of drug-likeness (QED) is 0.869. The summed E-state index contributed by atoms with van der Waals surface area (Å²) in [5.41, 5.74) is -0.883. The van der Waals surface area contributed by atoms with Crippen molar-refractivity contribution in [2.75, 3.05) is 6.54 Å². The van der Waals surface area contributed by atoms with Crippen LogP contribution in [0.25, 0.3) is 0 Å². The number of aromatic carboxylic acids is 1. The molecule has 0 bridgehead atoms. The van der Waals surface area contributed by atoms with Crippen LogP contribution in [0.1, 0.15) is 53.7 Å². The van der Waals surface area contributed by atoms with Crippen molar-refractivity contribution >= 4 is 23.2 Å². The molecule has 2 aliphatic heterocycles. The Hall–Kier alpha value is -1.60. The lowest BCUT2D eigenvalue weighted by Gasteiger charge is -2.46. The molecule has 1 amide bonds. The number of piperidine rings is 1. The number of ether oxygens (including phenoxy) is 1. The molecule has 7 heteroatoms. The number of hydrogen-bond donors (Lipinski definition) is 2. The van der Waals surface area contributed by atoms with E-state index in [9.17, 15) is 19.8 Å². The molecule has 3 heterocycles. The molecule has 0 saturated carbocycles. The third kappa shape index (κ3) is 2.38. The van der Waals surface area contributed by atoms with Gasteiger partial charge in [-0.05, 0) is 26.7 Å². The summed E-state index contributed by atoms with van der Waals surface area (Å²) >= 11 is 1.07. The van der Waals surface area contributed by atoms with Crippen molar-refractivity contribution < 1.29 is 24.5 Å². The van der Waals surface area contributed by atoms with Crippen molar-refractivity contribution in [2.24, 2.45) is 0 Å². The number of aliphatic hydroxyl groups is 1. The third-order valence-corrected chi connectivity index (χ3v) is 5.46. The number of carboxylic acids is 1. The number of fused-ring (bicyclic) bond motifs is 1. The highest BCUT2D eigenvalue weighted by molar-refractivity contribution is 7.14. The number of thiophene rings is 1. The van der Waals surface area contributed by atoms with Crippen LogP contribution in [0.2, 0.25) is 0 Å². The lowest BCUT2D eigenvalue weighted by molar-refractivity contribution is -0.146. The van der Waals surface area contributed by atoms with Gasteiger partial charge in [-0.25, -0.2) is 4.79 Å². The number of nitrogens with zero attached hydrogens (tertiary/aromatic N) is 1. The smallest absolute Gasteiger partial charge is 0.346 e. The first-order chi connectivity index (χ1) is 10.3. The third-order valence-electron chi connectivity index (χ3n) is 4.28. The number of aliphatic hydroxyl groups excluding tert-OH is 1. The van der Waals surface area contributed by atoms with E-state index in [2.05, 4.69) is 0 Å². The van der Waals surface area contributed by atoms with Gasteiger partial charge in [0, 0.05) is 19.0 Å². The molecule has 1 saturated heterocycles. The second-order valence-electron chi connectivity index (χ2n) is 6.28. The Kier molecular flexibility index (Phi) is 3.65. The summed E-state index contributed by atoms with van der Waals surface area (Å²) in [6.07, 6.45) is 1.32. The summed E-state index contributed by atoms with van der Waals surface area (Å²) in [5, 5.41) is 19.9. The first-order valence-electron chi connectivity index (χ1n) is 7.35. The Morgan fingerprint density at radius 2 is 2.18 bits per heavy atom. The van der Waals surface area contributed by atoms with Gasteiger partial charge in [0.2, 0.25) is 5.91 Å². The molecule has 120 valence electrons. The maximum Gasteiger partial charge on any atom is 0.346 e. The highest BCUT2D eigenvalue weighted by Gasteiger charge is 2.48. The molecular formula is C15H19NO5S. The number of carbonyl (C=O) groups is 2. The molecule has 1 aromatic heterocycles. The molecule has 0 radical (unpaired) electrons. The summed E-state index contributed by atoms with van der Waals surface area (Å²) in [5.74, 6) is -0.565. The Morgan fingerprint density at radius 1 is 1.45 bits per heavy atom. The minimum atomic E-state index is -1.03. The van der Waals surface area contributed by atoms with Crippen LogP contribution in [0.5, 0.6) is 5.75 Å². The van der Waals surface area contributed by atoms with Crippen LogP contribution < -0.4 is 4.74 Å². The fourth-order valence-corrected chi connectivity index (χ4v) is 4.15. The molecule has 3 rings (SSSR count). The summed E-state index contributed by atoms with van der Waals surface area (Å²) in [7, 11) is 0. The van der Waals surface area contributed by atoms with Gasteiger partial charge in [-0.3, -0.25) is 4.79 Å². The highest BCUT2D eigenvalue weighted by Crippen LogP contribution is 2.47. The Morgan fingerprint density at radius 3 is 2.82 bits per heavy atom. The van der Waals surface area contributed by atoms with Gasteiger partial charge in [0.05, 0.1) is 10.9 Å². The predicted octanol–water partition coefficient (Wildman–Crippen LogP) is 2.03. The van der Waals surface area contributed by atoms with Crippen LogP contribution in [0, 0.1) is 0 Å². The monoisotopic (exact) mass is 325 g/mol. The molecule has 2 N–H and O–H groups in total. The van der Waals surface area contributed by atoms with E-state index in [0.29, 0.717) is 23.6 Å². The van der Waals surface area contributed by atoms with E-state index in [1.165, 1.54) is 6.07 Å². The number of likely N-dealkylation sites (tertiary alicyclic amines) is 1. The van der Waals surface area contributed by atoms with Gasteiger partial charge in [-0.2, -0.15) is 0 Å². The molecule has 0 aliphatic carbocycles. The lowest BCUT2D eigenvalue weighted by atomic mass is 9.88. The topological polar surface area (TPSA) is 87.1 Å². The summed E-state index contributed by atoms with van der Waals surface area (Å²) in [4.78, 5) is 25.9. The summed E-state index contributed by atoms with van der Waals surface area (Å²) in [6.45, 7) is 4.08. The van der Waals surface area contributed by atoms with Gasteiger partial charge in [-0.1, -0.05) is 0 Å². The molecule has 0 spiro atoms. The van der Waals surface area contributed by atoms with Crippen LogP contribution in [0.4, 0.5) is 0 Å². The normalized spacial score (nSPS) is 27.2. The van der Waals surface area contributed by atoms with Gasteiger partial charge in [0.1, 0.15) is 22.3 Å². The van der Waals surface area contributed by atoms with Gasteiger partial charge >= 0.3 is 5.97 Å². The largest absolute Gasteiger partial charge is 0.484 e. The lowest BCUT2D eigenvalue weighted by Crippen LogP contribution is -2.55. The number of amides is 1. The molecule has 1 fully saturated rings. The fraction of sp³-hybridized carbons (Fsp3) is 0.600. The van der Waals surface area contributed by atoms with Gasteiger partial charge < -0.3 is 19.8 Å². The first-order valence-corrected chi connectivity index (χ1v) is 8.16. The fourth-order valence-electron chi connectivity index (χ4n) is 3.08. The highest BCUT2D eigenvalue weighted by atomic mass is 32.1. The first kappa shape index (κ1) is 15.3. The Labute approximate surface area is 132 Å². The standard InChI is InChI=1S/C15H19NO5S/c1-15(2)13(18)11(16-6-4-3-5-10(16)17)12-8(21-15)7-9(22-12)14(19)20/h7,11,13,18H,3-6H2,1-2H3,(H,19,20)/t11-,13+/m1/s1. The zero-order chi connectivity index (χ0) is 16.1. The van der Waals surface area contributed by atoms with Crippen molar-refractivity contribution in [2.45, 2.75) is 50.9 Å². The predicted molar refractivity (Wildman–Crippen MR) is 80.3 cm³/mol. The van der Waals surface area contributed by atoms with Gasteiger partial charge in [0.15, 0.2) is 0 Å². The Bertz CT molecular complexity index is 623. The van der Waals surface area contributed by atoms with E-state index in [0.717, 1.165) is 24.2 Å². The SMILES string of the molecule is CC1(C)Oc2cc(C(=O)O)sc2[C@@H](N2CCCCC2=O)[C@@H]1O. The summed E-state index contributed by atoms with van der Waals surface area (Å²) in [6, 6.07) is 0.946. The second kappa shape index (κ2) is 5.24. The molecule has 0 aromatic carbocycles. The van der Waals surface area contributed by atoms with E-state index in [1.54, 1.807) is 18.7 Å². The van der Waals surface area contributed by atoms with Crippen LogP contribution in [0.3, 0.4) is 0 Å². The zero-order valence-electron chi connectivity index (χ0n) is 12.5. The maximum absolute atomic E-state index is 12.3. The van der Waals surface area contributed by atoms with E-state index < -0.39 is 23.7 Å². The Balaban J connectivity index is 2.07. The van der Waals surface area contributed by atoms with Crippen LogP contribution in [-0.2, 0) is 4.79 Å². The molecule has 6 nitrogen and oxygen atoms in total. The second-order valence-corrected chi connectivity index (χ2v) is 7.37. The number of rotatable bonds is 2. The van der Waals surface area contributed by atoms with Crippen molar-refractivity contribution in [3.05, 3.63) is 15.8 Å². The van der Waals surface area contributed by atoms with Gasteiger partial charge in [-0.15, -0.1) is 11.3 Å². The van der Waals surface area contributed by atoms with Crippen LogP contribution in [-0.4, -0.2) is 45.2 Å².